The molecule has 0 aromatic heterocycles. The zero-order chi connectivity index (χ0) is 19.5. The van der Waals surface area contributed by atoms with Crippen molar-refractivity contribution >= 4 is 11.9 Å². The first-order chi connectivity index (χ1) is 13.2. The van der Waals surface area contributed by atoms with Gasteiger partial charge >= 0.3 is 0 Å². The van der Waals surface area contributed by atoms with Crippen molar-refractivity contribution in [3.8, 4) is 11.5 Å². The van der Waals surface area contributed by atoms with Crippen molar-refractivity contribution in [3.05, 3.63) is 23.8 Å². The molecule has 0 aliphatic heterocycles. The zero-order valence-electron chi connectivity index (χ0n) is 16.6. The quantitative estimate of drug-likeness (QED) is 0.406. The minimum Gasteiger partial charge on any atom is -0.490 e. The molecule has 7 heteroatoms. The predicted molar refractivity (Wildman–Crippen MR) is 108 cm³/mol. The number of rotatable bonds is 11. The van der Waals surface area contributed by atoms with Crippen molar-refractivity contribution < 1.29 is 14.3 Å². The third-order valence-electron chi connectivity index (χ3n) is 3.98. The summed E-state index contributed by atoms with van der Waals surface area (Å²) in [5.41, 5.74) is 1.15. The van der Waals surface area contributed by atoms with Crippen LogP contribution in [0.15, 0.2) is 23.2 Å². The van der Waals surface area contributed by atoms with Crippen molar-refractivity contribution in [1.82, 2.24) is 16.0 Å². The van der Waals surface area contributed by atoms with Gasteiger partial charge in [0.25, 0.3) is 0 Å². The Morgan fingerprint density at radius 3 is 2.52 bits per heavy atom. The summed E-state index contributed by atoms with van der Waals surface area (Å²) < 4.78 is 11.3. The van der Waals surface area contributed by atoms with E-state index in [1.54, 1.807) is 0 Å². The minimum atomic E-state index is -0.0254. The number of aliphatic imine (C=N–C) groups is 1. The van der Waals surface area contributed by atoms with Crippen molar-refractivity contribution in [3.63, 3.8) is 0 Å². The van der Waals surface area contributed by atoms with Gasteiger partial charge in [0.15, 0.2) is 17.5 Å². The van der Waals surface area contributed by atoms with Gasteiger partial charge < -0.3 is 25.4 Å². The molecule has 27 heavy (non-hydrogen) atoms. The van der Waals surface area contributed by atoms with E-state index in [0.717, 1.165) is 42.9 Å². The fraction of sp³-hybridized carbons (Fsp3) is 0.600. The third kappa shape index (κ3) is 7.76. The molecule has 0 spiro atoms. The molecular weight excluding hydrogens is 344 g/mol. The van der Waals surface area contributed by atoms with Gasteiger partial charge in [0.05, 0.1) is 13.2 Å². The summed E-state index contributed by atoms with van der Waals surface area (Å²) in [4.78, 5) is 16.1. The first-order valence-corrected chi connectivity index (χ1v) is 9.86. The molecule has 1 aromatic rings. The lowest BCUT2D eigenvalue weighted by atomic mass is 10.1. The summed E-state index contributed by atoms with van der Waals surface area (Å²) in [5, 5.41) is 9.38. The van der Waals surface area contributed by atoms with Gasteiger partial charge in [-0.2, -0.15) is 0 Å². The van der Waals surface area contributed by atoms with Crippen LogP contribution in [0.3, 0.4) is 0 Å². The van der Waals surface area contributed by atoms with Gasteiger partial charge in [-0.25, -0.2) is 4.99 Å². The lowest BCUT2D eigenvalue weighted by Gasteiger charge is -2.14. The Morgan fingerprint density at radius 2 is 1.85 bits per heavy atom. The summed E-state index contributed by atoms with van der Waals surface area (Å²) in [5.74, 6) is 2.17. The van der Waals surface area contributed by atoms with Crippen LogP contribution in [0, 0.1) is 0 Å². The summed E-state index contributed by atoms with van der Waals surface area (Å²) in [6, 6.07) is 6.37. The Labute approximate surface area is 161 Å². The van der Waals surface area contributed by atoms with E-state index in [1.165, 1.54) is 0 Å². The second-order valence-corrected chi connectivity index (χ2v) is 6.36. The van der Waals surface area contributed by atoms with Crippen LogP contribution in [-0.2, 0) is 11.2 Å². The lowest BCUT2D eigenvalue weighted by molar-refractivity contribution is -0.119. The van der Waals surface area contributed by atoms with Crippen molar-refractivity contribution in [2.24, 2.45) is 4.99 Å². The first-order valence-electron chi connectivity index (χ1n) is 9.86. The summed E-state index contributed by atoms with van der Waals surface area (Å²) in [6.45, 7) is 8.72. The van der Waals surface area contributed by atoms with E-state index in [0.29, 0.717) is 31.8 Å². The Hall–Kier alpha value is -2.44. The minimum absolute atomic E-state index is 0.0254. The normalized spacial score (nSPS) is 13.8. The standard InChI is InChI=1S/C20H32N4O3/c1-4-21-20(23-14-19(25)24-16-8-9-16)22-12-11-15-7-10-17(26-5-2)18(13-15)27-6-3/h7,10,13,16H,4-6,8-9,11-12,14H2,1-3H3,(H,24,25)(H2,21,22,23). The second-order valence-electron chi connectivity index (χ2n) is 6.36. The maximum absolute atomic E-state index is 11.8. The SMILES string of the molecule is CCNC(=NCC(=O)NC1CC1)NCCc1ccc(OCC)c(OCC)c1. The zero-order valence-corrected chi connectivity index (χ0v) is 16.6. The van der Waals surface area contributed by atoms with Gasteiger partial charge in [-0.3, -0.25) is 4.79 Å². The smallest absolute Gasteiger partial charge is 0.242 e. The van der Waals surface area contributed by atoms with E-state index >= 15 is 0 Å². The topological polar surface area (TPSA) is 84.0 Å². The molecular formula is C20H32N4O3. The number of benzene rings is 1. The number of amides is 1. The fourth-order valence-corrected chi connectivity index (χ4v) is 2.57. The van der Waals surface area contributed by atoms with Crippen molar-refractivity contribution in [2.75, 3.05) is 32.8 Å². The number of nitrogens with one attached hydrogen (secondary N) is 3. The maximum Gasteiger partial charge on any atom is 0.242 e. The molecule has 0 saturated heterocycles. The van der Waals surface area contributed by atoms with Gasteiger partial charge in [-0.1, -0.05) is 6.07 Å². The predicted octanol–water partition coefficient (Wildman–Crippen LogP) is 1.86. The van der Waals surface area contributed by atoms with Crippen molar-refractivity contribution in [2.45, 2.75) is 46.1 Å². The van der Waals surface area contributed by atoms with Crippen LogP contribution in [0.5, 0.6) is 11.5 Å². The molecule has 0 radical (unpaired) electrons. The molecule has 3 N–H and O–H groups in total. The van der Waals surface area contributed by atoms with E-state index in [2.05, 4.69) is 20.9 Å². The molecule has 0 atom stereocenters. The van der Waals surface area contributed by atoms with Crippen LogP contribution in [0.2, 0.25) is 0 Å². The van der Waals surface area contributed by atoms with E-state index in [9.17, 15) is 4.79 Å². The molecule has 7 nitrogen and oxygen atoms in total. The molecule has 0 unspecified atom stereocenters. The Bertz CT molecular complexity index is 630. The number of hydrogen-bond donors (Lipinski definition) is 3. The molecule has 1 amide bonds. The number of carbonyl (C=O) groups is 1. The lowest BCUT2D eigenvalue weighted by Crippen LogP contribution is -2.39. The number of ether oxygens (including phenoxy) is 2. The molecule has 2 rings (SSSR count). The Balaban J connectivity index is 1.85. The molecule has 1 saturated carbocycles. The highest BCUT2D eigenvalue weighted by molar-refractivity contribution is 5.85. The second kappa shape index (κ2) is 11.3. The average molecular weight is 377 g/mol. The summed E-state index contributed by atoms with van der Waals surface area (Å²) in [6.07, 6.45) is 2.98. The monoisotopic (exact) mass is 376 g/mol. The van der Waals surface area contributed by atoms with Crippen LogP contribution < -0.4 is 25.4 Å². The molecule has 1 aliphatic carbocycles. The maximum atomic E-state index is 11.8. The van der Waals surface area contributed by atoms with Crippen LogP contribution >= 0.6 is 0 Å². The van der Waals surface area contributed by atoms with Gasteiger partial charge in [0.2, 0.25) is 5.91 Å². The Morgan fingerprint density at radius 1 is 1.11 bits per heavy atom. The van der Waals surface area contributed by atoms with E-state index in [4.69, 9.17) is 9.47 Å². The number of guanidine groups is 1. The van der Waals surface area contributed by atoms with Gasteiger partial charge in [0, 0.05) is 19.1 Å². The van der Waals surface area contributed by atoms with Gasteiger partial charge in [-0.15, -0.1) is 0 Å². The number of carbonyl (C=O) groups excluding carboxylic acids is 1. The van der Waals surface area contributed by atoms with Gasteiger partial charge in [-0.05, 0) is 57.7 Å². The largest absolute Gasteiger partial charge is 0.490 e. The van der Waals surface area contributed by atoms with Crippen LogP contribution in [0.1, 0.15) is 39.2 Å². The van der Waals surface area contributed by atoms with Crippen LogP contribution in [0.25, 0.3) is 0 Å². The van der Waals surface area contributed by atoms with Crippen LogP contribution in [-0.4, -0.2) is 50.8 Å². The Kier molecular flexibility index (Phi) is 8.74. The highest BCUT2D eigenvalue weighted by Crippen LogP contribution is 2.28. The van der Waals surface area contributed by atoms with E-state index < -0.39 is 0 Å². The molecule has 0 heterocycles. The molecule has 1 aliphatic rings. The molecule has 1 fully saturated rings. The highest BCUT2D eigenvalue weighted by Gasteiger charge is 2.22. The van der Waals surface area contributed by atoms with Gasteiger partial charge in [0.1, 0.15) is 6.54 Å². The van der Waals surface area contributed by atoms with Crippen molar-refractivity contribution in [1.29, 1.82) is 0 Å². The molecule has 1 aromatic carbocycles. The van der Waals surface area contributed by atoms with E-state index in [-0.39, 0.29) is 12.5 Å². The van der Waals surface area contributed by atoms with Crippen LogP contribution in [0.4, 0.5) is 0 Å². The average Bonchev–Trinajstić information content (AvgIpc) is 3.46. The highest BCUT2D eigenvalue weighted by atomic mass is 16.5. The number of nitrogens with zero attached hydrogens (tertiary/aromatic N) is 1. The summed E-state index contributed by atoms with van der Waals surface area (Å²) in [7, 11) is 0. The first kappa shape index (κ1) is 20.9. The molecule has 0 bridgehead atoms. The fourth-order valence-electron chi connectivity index (χ4n) is 2.57. The molecule has 150 valence electrons. The summed E-state index contributed by atoms with van der Waals surface area (Å²) >= 11 is 0. The number of hydrogen-bond acceptors (Lipinski definition) is 4. The van der Waals surface area contributed by atoms with E-state index in [1.807, 2.05) is 39.0 Å². The third-order valence-corrected chi connectivity index (χ3v) is 3.98.